The molecule has 1 aliphatic heterocycles. The summed E-state index contributed by atoms with van der Waals surface area (Å²) in [7, 11) is 0. The van der Waals surface area contributed by atoms with Gasteiger partial charge in [0, 0.05) is 34.1 Å². The van der Waals surface area contributed by atoms with E-state index in [1.807, 2.05) is 12.1 Å². The van der Waals surface area contributed by atoms with Gasteiger partial charge in [-0.1, -0.05) is 30.3 Å². The van der Waals surface area contributed by atoms with Gasteiger partial charge in [0.1, 0.15) is 5.82 Å². The number of fused-ring (bicyclic) bond motifs is 1. The normalized spacial score (nSPS) is 14.2. The third kappa shape index (κ3) is 4.65. The minimum Gasteiger partial charge on any atom is -0.366 e. The van der Waals surface area contributed by atoms with Gasteiger partial charge < -0.3 is 16.0 Å². The number of piperidine rings is 1. The van der Waals surface area contributed by atoms with E-state index in [9.17, 15) is 4.79 Å². The molecule has 0 bridgehead atoms. The van der Waals surface area contributed by atoms with Crippen LogP contribution < -0.4 is 16.0 Å². The van der Waals surface area contributed by atoms with Gasteiger partial charge in [-0.05, 0) is 44.1 Å². The van der Waals surface area contributed by atoms with E-state index >= 15 is 4.39 Å². The van der Waals surface area contributed by atoms with Gasteiger partial charge in [-0.2, -0.15) is 0 Å². The molecule has 2 aromatic carbocycles. The van der Waals surface area contributed by atoms with E-state index in [4.69, 9.17) is 0 Å². The number of hydrogen-bond acceptors (Lipinski definition) is 6. The summed E-state index contributed by atoms with van der Waals surface area (Å²) < 4.78 is 15.3. The fourth-order valence-corrected chi connectivity index (χ4v) is 3.94. The van der Waals surface area contributed by atoms with Crippen LogP contribution >= 0.6 is 0 Å². The maximum absolute atomic E-state index is 15.3. The Kier molecular flexibility index (Phi) is 5.91. The second-order valence-electron chi connectivity index (χ2n) is 8.00. The molecule has 166 valence electrons. The van der Waals surface area contributed by atoms with Crippen molar-refractivity contribution in [2.75, 3.05) is 23.7 Å². The van der Waals surface area contributed by atoms with Crippen LogP contribution in [0.1, 0.15) is 23.2 Å². The SMILES string of the molecule is O=C(Nc1ncc2ccc(-c3cncc(NC4CCNCC4)n3)cc2c1F)c1ccccc1. The van der Waals surface area contributed by atoms with E-state index in [1.165, 1.54) is 0 Å². The second-order valence-corrected chi connectivity index (χ2v) is 8.00. The molecule has 0 unspecified atom stereocenters. The fourth-order valence-electron chi connectivity index (χ4n) is 3.94. The van der Waals surface area contributed by atoms with Crippen molar-refractivity contribution in [3.05, 3.63) is 78.5 Å². The molecule has 33 heavy (non-hydrogen) atoms. The number of aromatic nitrogens is 3. The molecule has 4 aromatic rings. The minimum atomic E-state index is -0.587. The lowest BCUT2D eigenvalue weighted by molar-refractivity contribution is 0.102. The van der Waals surface area contributed by atoms with Crippen molar-refractivity contribution in [2.45, 2.75) is 18.9 Å². The van der Waals surface area contributed by atoms with Gasteiger partial charge in [0.25, 0.3) is 5.91 Å². The number of nitrogens with one attached hydrogen (secondary N) is 3. The zero-order chi connectivity index (χ0) is 22.6. The monoisotopic (exact) mass is 442 g/mol. The van der Waals surface area contributed by atoms with Crippen molar-refractivity contribution in [2.24, 2.45) is 0 Å². The number of amides is 1. The topological polar surface area (TPSA) is 91.8 Å². The second kappa shape index (κ2) is 9.30. The van der Waals surface area contributed by atoms with Gasteiger partial charge >= 0.3 is 0 Å². The van der Waals surface area contributed by atoms with E-state index in [2.05, 4.69) is 30.9 Å². The summed E-state index contributed by atoms with van der Waals surface area (Å²) in [5.41, 5.74) is 1.80. The van der Waals surface area contributed by atoms with Crippen LogP contribution in [0.25, 0.3) is 22.0 Å². The highest BCUT2D eigenvalue weighted by Gasteiger charge is 2.16. The molecule has 7 nitrogen and oxygen atoms in total. The summed E-state index contributed by atoms with van der Waals surface area (Å²) in [4.78, 5) is 25.5. The molecule has 0 spiro atoms. The standard InChI is InChI=1S/C25H23FN6O/c26-23-20-12-17(21-14-28-15-22(31-21)30-19-8-10-27-11-9-19)6-7-18(20)13-29-24(23)32-25(33)16-4-2-1-3-5-16/h1-7,12-15,19,27H,8-11H2,(H,30,31)(H,29,32,33). The number of benzene rings is 2. The van der Waals surface area contributed by atoms with Gasteiger partial charge in [-0.3, -0.25) is 9.78 Å². The number of halogens is 1. The van der Waals surface area contributed by atoms with Crippen LogP contribution in [0.2, 0.25) is 0 Å². The molecular weight excluding hydrogens is 419 g/mol. The highest BCUT2D eigenvalue weighted by atomic mass is 19.1. The van der Waals surface area contributed by atoms with E-state index in [1.54, 1.807) is 55.0 Å². The van der Waals surface area contributed by atoms with Crippen LogP contribution in [-0.2, 0) is 0 Å². The highest BCUT2D eigenvalue weighted by molar-refractivity contribution is 6.04. The Bertz CT molecular complexity index is 1290. The molecule has 8 heteroatoms. The quantitative estimate of drug-likeness (QED) is 0.428. The number of anilines is 2. The molecular formula is C25H23FN6O. The first kappa shape index (κ1) is 21.0. The predicted octanol–water partition coefficient (Wildman–Crippen LogP) is 4.25. The number of hydrogen-bond donors (Lipinski definition) is 3. The molecule has 5 rings (SSSR count). The van der Waals surface area contributed by atoms with Crippen molar-refractivity contribution >= 4 is 28.3 Å². The van der Waals surface area contributed by atoms with Crippen LogP contribution in [0.3, 0.4) is 0 Å². The lowest BCUT2D eigenvalue weighted by atomic mass is 10.1. The summed E-state index contributed by atoms with van der Waals surface area (Å²) in [6, 6.07) is 14.4. The summed E-state index contributed by atoms with van der Waals surface area (Å²) in [5, 5.41) is 10.3. The predicted molar refractivity (Wildman–Crippen MR) is 127 cm³/mol. The molecule has 0 saturated carbocycles. The van der Waals surface area contributed by atoms with E-state index in [0.717, 1.165) is 31.5 Å². The number of pyridine rings is 1. The summed E-state index contributed by atoms with van der Waals surface area (Å²) in [5.74, 6) is -0.415. The molecule has 1 aliphatic rings. The molecule has 0 atom stereocenters. The average Bonchev–Trinajstić information content (AvgIpc) is 2.87. The molecule has 3 heterocycles. The lowest BCUT2D eigenvalue weighted by Gasteiger charge is -2.24. The Balaban J connectivity index is 1.42. The summed E-state index contributed by atoms with van der Waals surface area (Å²) in [6.07, 6.45) is 6.96. The third-order valence-corrected chi connectivity index (χ3v) is 5.72. The Hall–Kier alpha value is -3.91. The summed E-state index contributed by atoms with van der Waals surface area (Å²) in [6.45, 7) is 1.96. The van der Waals surface area contributed by atoms with Gasteiger partial charge in [0.2, 0.25) is 0 Å². The molecule has 1 saturated heterocycles. The fraction of sp³-hybridized carbons (Fsp3) is 0.200. The first-order chi connectivity index (χ1) is 16.2. The molecule has 1 fully saturated rings. The van der Waals surface area contributed by atoms with Crippen molar-refractivity contribution in [3.63, 3.8) is 0 Å². The van der Waals surface area contributed by atoms with Gasteiger partial charge in [0.15, 0.2) is 11.6 Å². The Morgan fingerprint density at radius 3 is 2.67 bits per heavy atom. The molecule has 3 N–H and O–H groups in total. The Labute approximate surface area is 190 Å². The first-order valence-electron chi connectivity index (χ1n) is 10.9. The maximum atomic E-state index is 15.3. The van der Waals surface area contributed by atoms with E-state index in [-0.39, 0.29) is 5.82 Å². The highest BCUT2D eigenvalue weighted by Crippen LogP contribution is 2.28. The van der Waals surface area contributed by atoms with Crippen LogP contribution in [-0.4, -0.2) is 40.0 Å². The Morgan fingerprint density at radius 1 is 1.03 bits per heavy atom. The number of carbonyl (C=O) groups excluding carboxylic acids is 1. The molecule has 0 aliphatic carbocycles. The van der Waals surface area contributed by atoms with Crippen LogP contribution in [0.5, 0.6) is 0 Å². The number of nitrogens with zero attached hydrogens (tertiary/aromatic N) is 3. The van der Waals surface area contributed by atoms with Crippen molar-refractivity contribution in [1.29, 1.82) is 0 Å². The number of rotatable bonds is 5. The Morgan fingerprint density at radius 2 is 1.85 bits per heavy atom. The largest absolute Gasteiger partial charge is 0.366 e. The average molecular weight is 442 g/mol. The van der Waals surface area contributed by atoms with Crippen LogP contribution in [0.15, 0.2) is 67.1 Å². The molecule has 1 amide bonds. The van der Waals surface area contributed by atoms with Crippen LogP contribution in [0, 0.1) is 5.82 Å². The zero-order valence-corrected chi connectivity index (χ0v) is 17.9. The van der Waals surface area contributed by atoms with Crippen LogP contribution in [0.4, 0.5) is 16.0 Å². The minimum absolute atomic E-state index is 0.110. The summed E-state index contributed by atoms with van der Waals surface area (Å²) >= 11 is 0. The van der Waals surface area contributed by atoms with Crippen molar-refractivity contribution in [1.82, 2.24) is 20.3 Å². The lowest BCUT2D eigenvalue weighted by Crippen LogP contribution is -2.35. The third-order valence-electron chi connectivity index (χ3n) is 5.72. The number of carbonyl (C=O) groups is 1. The first-order valence-corrected chi connectivity index (χ1v) is 10.9. The van der Waals surface area contributed by atoms with Gasteiger partial charge in [-0.15, -0.1) is 0 Å². The molecule has 2 aromatic heterocycles. The van der Waals surface area contributed by atoms with Crippen molar-refractivity contribution in [3.8, 4) is 11.3 Å². The van der Waals surface area contributed by atoms with E-state index in [0.29, 0.717) is 33.9 Å². The molecule has 0 radical (unpaired) electrons. The van der Waals surface area contributed by atoms with Gasteiger partial charge in [-0.25, -0.2) is 14.4 Å². The smallest absolute Gasteiger partial charge is 0.256 e. The zero-order valence-electron chi connectivity index (χ0n) is 17.9. The van der Waals surface area contributed by atoms with E-state index < -0.39 is 11.7 Å². The van der Waals surface area contributed by atoms with Crippen molar-refractivity contribution < 1.29 is 9.18 Å². The van der Waals surface area contributed by atoms with Gasteiger partial charge in [0.05, 0.1) is 18.1 Å². The maximum Gasteiger partial charge on any atom is 0.256 e.